The topological polar surface area (TPSA) is 99.3 Å². The molecule has 33 heavy (non-hydrogen) atoms. The van der Waals surface area contributed by atoms with E-state index in [1.165, 1.54) is 11.9 Å². The van der Waals surface area contributed by atoms with Crippen molar-refractivity contribution < 1.29 is 4.79 Å². The number of aryl methyl sites for hydroxylation is 1. The molecular formula is C25H31N7O. The van der Waals surface area contributed by atoms with E-state index in [2.05, 4.69) is 46.4 Å². The van der Waals surface area contributed by atoms with Crippen molar-refractivity contribution in [1.29, 1.82) is 5.41 Å². The van der Waals surface area contributed by atoms with E-state index in [1.54, 1.807) is 15.5 Å². The van der Waals surface area contributed by atoms with Gasteiger partial charge in [0.1, 0.15) is 12.0 Å². The van der Waals surface area contributed by atoms with Crippen molar-refractivity contribution in [2.24, 2.45) is 0 Å². The number of nitrogens with zero attached hydrogens (tertiary/aromatic N) is 5. The van der Waals surface area contributed by atoms with Crippen LogP contribution in [0.2, 0.25) is 0 Å². The molecule has 3 heterocycles. The first-order valence-corrected chi connectivity index (χ1v) is 11.4. The summed E-state index contributed by atoms with van der Waals surface area (Å²) in [6.07, 6.45) is 4.95. The molecule has 1 atom stereocenters. The number of nitrogens with one attached hydrogen (secondary N) is 2. The number of likely N-dealkylation sites (tertiary alicyclic amines) is 1. The van der Waals surface area contributed by atoms with Crippen LogP contribution in [0, 0.1) is 12.3 Å². The van der Waals surface area contributed by atoms with Gasteiger partial charge in [-0.1, -0.05) is 26.0 Å². The van der Waals surface area contributed by atoms with Crippen LogP contribution < -0.4 is 5.32 Å². The summed E-state index contributed by atoms with van der Waals surface area (Å²) in [4.78, 5) is 23.4. The zero-order valence-corrected chi connectivity index (χ0v) is 19.7. The maximum Gasteiger partial charge on any atom is 0.271 e. The van der Waals surface area contributed by atoms with Crippen molar-refractivity contribution in [3.05, 3.63) is 65.4 Å². The average Bonchev–Trinajstić information content (AvgIpc) is 3.26. The van der Waals surface area contributed by atoms with Gasteiger partial charge in [0, 0.05) is 36.1 Å². The van der Waals surface area contributed by atoms with Crippen molar-refractivity contribution in [2.45, 2.75) is 52.4 Å². The Hall–Kier alpha value is -3.55. The van der Waals surface area contributed by atoms with Gasteiger partial charge in [-0.2, -0.15) is 10.1 Å². The number of carbonyl (C=O) groups excluding carboxylic acids is 1. The summed E-state index contributed by atoms with van der Waals surface area (Å²) < 4.78 is 1.76. The number of hydrogen-bond acceptors (Lipinski definition) is 6. The highest BCUT2D eigenvalue weighted by Gasteiger charge is 2.28. The summed E-state index contributed by atoms with van der Waals surface area (Å²) in [5.41, 5.74) is 4.85. The first kappa shape index (κ1) is 22.6. The lowest BCUT2D eigenvalue weighted by Crippen LogP contribution is -2.42. The fraction of sp³-hybridized carbons (Fsp3) is 0.400. The summed E-state index contributed by atoms with van der Waals surface area (Å²) >= 11 is 0. The molecule has 0 bridgehead atoms. The molecule has 1 unspecified atom stereocenters. The predicted octanol–water partition coefficient (Wildman–Crippen LogP) is 4.30. The van der Waals surface area contributed by atoms with Crippen LogP contribution in [0.1, 0.15) is 62.4 Å². The van der Waals surface area contributed by atoms with E-state index in [0.717, 1.165) is 35.6 Å². The number of benzene rings is 1. The van der Waals surface area contributed by atoms with E-state index in [9.17, 15) is 4.79 Å². The second kappa shape index (κ2) is 9.52. The van der Waals surface area contributed by atoms with Gasteiger partial charge in [0.15, 0.2) is 0 Å². The molecule has 0 aliphatic carbocycles. The van der Waals surface area contributed by atoms with E-state index in [-0.39, 0.29) is 17.5 Å². The van der Waals surface area contributed by atoms with Crippen LogP contribution in [0.4, 0.5) is 5.69 Å². The van der Waals surface area contributed by atoms with Gasteiger partial charge in [-0.05, 0) is 62.4 Å². The third-order valence-electron chi connectivity index (χ3n) is 6.04. The zero-order valence-electron chi connectivity index (χ0n) is 19.7. The quantitative estimate of drug-likeness (QED) is 0.551. The molecular weight excluding hydrogens is 414 g/mol. The zero-order chi connectivity index (χ0) is 23.5. The Kier molecular flexibility index (Phi) is 6.53. The Morgan fingerprint density at radius 1 is 1.27 bits per heavy atom. The first-order valence-electron chi connectivity index (χ1n) is 11.4. The van der Waals surface area contributed by atoms with Crippen LogP contribution in [-0.2, 0) is 4.79 Å². The van der Waals surface area contributed by atoms with Crippen LogP contribution in [0.15, 0.2) is 48.4 Å². The van der Waals surface area contributed by atoms with E-state index in [4.69, 9.17) is 5.41 Å². The number of fused-ring (bicyclic) bond motifs is 1. The van der Waals surface area contributed by atoms with Crippen LogP contribution >= 0.6 is 0 Å². The molecule has 1 saturated heterocycles. The molecule has 1 fully saturated rings. The van der Waals surface area contributed by atoms with Crippen LogP contribution in [0.3, 0.4) is 0 Å². The molecule has 1 amide bonds. The molecule has 8 heteroatoms. The molecule has 2 aromatic heterocycles. The molecule has 0 spiro atoms. The molecule has 3 aromatic rings. The monoisotopic (exact) mass is 445 g/mol. The Bertz CT molecular complexity index is 1190. The molecule has 2 N–H and O–H groups in total. The Morgan fingerprint density at radius 2 is 2.03 bits per heavy atom. The van der Waals surface area contributed by atoms with Crippen molar-refractivity contribution in [2.75, 3.05) is 18.4 Å². The van der Waals surface area contributed by atoms with Gasteiger partial charge < -0.3 is 10.2 Å². The molecule has 1 aromatic carbocycles. The second-order valence-electron chi connectivity index (χ2n) is 9.03. The fourth-order valence-electron chi connectivity index (χ4n) is 4.32. The number of aromatic nitrogens is 4. The maximum atomic E-state index is 13.0. The number of piperidine rings is 1. The summed E-state index contributed by atoms with van der Waals surface area (Å²) in [5, 5.41) is 16.0. The minimum absolute atomic E-state index is 0.0173. The van der Waals surface area contributed by atoms with Gasteiger partial charge in [0.05, 0.1) is 5.69 Å². The summed E-state index contributed by atoms with van der Waals surface area (Å²) in [7, 11) is 0. The van der Waals surface area contributed by atoms with Crippen molar-refractivity contribution in [1.82, 2.24) is 24.5 Å². The predicted molar refractivity (Wildman–Crippen MR) is 130 cm³/mol. The van der Waals surface area contributed by atoms with Gasteiger partial charge in [-0.25, -0.2) is 9.50 Å². The van der Waals surface area contributed by atoms with E-state index >= 15 is 0 Å². The van der Waals surface area contributed by atoms with E-state index in [1.807, 2.05) is 32.0 Å². The van der Waals surface area contributed by atoms with Crippen LogP contribution in [0.5, 0.6) is 0 Å². The second-order valence-corrected chi connectivity index (χ2v) is 9.03. The molecule has 0 radical (unpaired) electrons. The van der Waals surface area contributed by atoms with Crippen molar-refractivity contribution in [3.63, 3.8) is 0 Å². The molecule has 0 saturated carbocycles. The average molecular weight is 446 g/mol. The molecule has 1 aliphatic rings. The number of anilines is 1. The lowest BCUT2D eigenvalue weighted by atomic mass is 9.93. The summed E-state index contributed by atoms with van der Waals surface area (Å²) in [5.74, 6) is 0.930. The lowest BCUT2D eigenvalue weighted by molar-refractivity contribution is -0.125. The Balaban J connectivity index is 1.43. The van der Waals surface area contributed by atoms with Gasteiger partial charge in [-0.3, -0.25) is 10.2 Å². The number of amides is 1. The molecule has 8 nitrogen and oxygen atoms in total. The lowest BCUT2D eigenvalue weighted by Gasteiger charge is -2.33. The summed E-state index contributed by atoms with van der Waals surface area (Å²) in [6.45, 7) is 9.34. The van der Waals surface area contributed by atoms with Gasteiger partial charge in [-0.15, -0.1) is 0 Å². The SMILES string of the molecule is C/C(=C/C(=N)C(=O)N1CCCC(c2cc(C)nc3ncnn23)C1)Nc1ccc(C(C)C)cc1. The number of allylic oxidation sites excluding steroid dienone is 1. The molecule has 4 rings (SSSR count). The Labute approximate surface area is 194 Å². The smallest absolute Gasteiger partial charge is 0.271 e. The fourth-order valence-corrected chi connectivity index (χ4v) is 4.32. The minimum Gasteiger partial charge on any atom is -0.359 e. The van der Waals surface area contributed by atoms with Crippen LogP contribution in [0.25, 0.3) is 5.78 Å². The van der Waals surface area contributed by atoms with E-state index in [0.29, 0.717) is 24.8 Å². The van der Waals surface area contributed by atoms with Crippen LogP contribution in [-0.4, -0.2) is 49.2 Å². The number of hydrogen-bond donors (Lipinski definition) is 2. The van der Waals surface area contributed by atoms with E-state index < -0.39 is 0 Å². The maximum absolute atomic E-state index is 13.0. The normalized spacial score (nSPS) is 16.9. The van der Waals surface area contributed by atoms with Crippen molar-refractivity contribution in [3.8, 4) is 0 Å². The van der Waals surface area contributed by atoms with Gasteiger partial charge >= 0.3 is 0 Å². The summed E-state index contributed by atoms with van der Waals surface area (Å²) in [6, 6.07) is 10.3. The van der Waals surface area contributed by atoms with Crippen molar-refractivity contribution >= 4 is 23.1 Å². The number of rotatable bonds is 6. The molecule has 172 valence electrons. The highest BCUT2D eigenvalue weighted by Crippen LogP contribution is 2.27. The standard InChI is InChI=1S/C25H31N7O/c1-16(2)19-7-9-21(10-8-19)29-17(3)12-22(26)24(33)31-11-5-6-20(14-31)23-13-18(4)30-25-27-15-28-32(23)25/h7-10,12-13,15-16,20,26,29H,5-6,11,14H2,1-4H3/b17-12-,26-22?. The van der Waals surface area contributed by atoms with Gasteiger partial charge in [0.2, 0.25) is 0 Å². The number of carbonyl (C=O) groups is 1. The largest absolute Gasteiger partial charge is 0.359 e. The molecule has 1 aliphatic heterocycles. The Morgan fingerprint density at radius 3 is 2.76 bits per heavy atom. The highest BCUT2D eigenvalue weighted by atomic mass is 16.2. The highest BCUT2D eigenvalue weighted by molar-refractivity contribution is 6.42. The minimum atomic E-state index is -0.253. The first-order chi connectivity index (χ1) is 15.8. The third kappa shape index (κ3) is 5.10. The van der Waals surface area contributed by atoms with Gasteiger partial charge in [0.25, 0.3) is 11.7 Å². The third-order valence-corrected chi connectivity index (χ3v) is 6.04.